The number of carbonyl (C=O) groups is 1. The summed E-state index contributed by atoms with van der Waals surface area (Å²) in [6.07, 6.45) is -0.0118. The van der Waals surface area contributed by atoms with Gasteiger partial charge in [0.15, 0.2) is 0 Å². The van der Waals surface area contributed by atoms with Crippen molar-refractivity contribution in [1.29, 1.82) is 0 Å². The molecule has 0 spiro atoms. The molecule has 3 rings (SSSR count). The third kappa shape index (κ3) is 3.20. The highest BCUT2D eigenvalue weighted by molar-refractivity contribution is 5.93. The van der Waals surface area contributed by atoms with Gasteiger partial charge in [0.25, 0.3) is 0 Å². The Bertz CT molecular complexity index is 872. The van der Waals surface area contributed by atoms with E-state index in [1.807, 2.05) is 44.2 Å². The summed E-state index contributed by atoms with van der Waals surface area (Å²) in [6.45, 7) is 3.73. The Morgan fingerprint density at radius 1 is 1.08 bits per heavy atom. The average molecular weight is 323 g/mol. The third-order valence-corrected chi connectivity index (χ3v) is 3.87. The van der Waals surface area contributed by atoms with Gasteiger partial charge in [0.05, 0.1) is 29.2 Å². The molecule has 2 aromatic carbocycles. The van der Waals surface area contributed by atoms with Crippen LogP contribution in [0.4, 0.5) is 10.1 Å². The smallest absolute Gasteiger partial charge is 0.229 e. The molecule has 0 atom stereocenters. The van der Waals surface area contributed by atoms with Crippen LogP contribution in [0.5, 0.6) is 0 Å². The fourth-order valence-corrected chi connectivity index (χ4v) is 2.64. The number of nitrogens with one attached hydrogen (secondary N) is 1. The number of aryl methyl sites for hydroxylation is 1. The summed E-state index contributed by atoms with van der Waals surface area (Å²) >= 11 is 0. The molecule has 0 radical (unpaired) electrons. The highest BCUT2D eigenvalue weighted by Gasteiger charge is 2.16. The summed E-state index contributed by atoms with van der Waals surface area (Å²) in [7, 11) is 0. The predicted octanol–water partition coefficient (Wildman–Crippen LogP) is 3.81. The molecule has 1 N–H and O–H groups in total. The molecule has 0 bridgehead atoms. The van der Waals surface area contributed by atoms with Gasteiger partial charge in [0, 0.05) is 0 Å². The van der Waals surface area contributed by atoms with Crippen molar-refractivity contribution in [2.24, 2.45) is 0 Å². The normalized spacial score (nSPS) is 10.6. The van der Waals surface area contributed by atoms with Gasteiger partial charge in [0.1, 0.15) is 5.82 Å². The Morgan fingerprint density at radius 2 is 1.75 bits per heavy atom. The first-order chi connectivity index (χ1) is 11.6. The monoisotopic (exact) mass is 323 g/mol. The summed E-state index contributed by atoms with van der Waals surface area (Å²) in [5.41, 5.74) is 3.52. The number of nitrogens with zero attached hydrogens (tertiary/aromatic N) is 2. The second-order valence-corrected chi connectivity index (χ2v) is 5.61. The topological polar surface area (TPSA) is 46.9 Å². The van der Waals surface area contributed by atoms with E-state index in [9.17, 15) is 9.18 Å². The molecule has 0 fully saturated rings. The minimum atomic E-state index is -0.374. The summed E-state index contributed by atoms with van der Waals surface area (Å²) < 4.78 is 15.5. The number of anilines is 1. The van der Waals surface area contributed by atoms with Crippen LogP contribution < -0.4 is 5.32 Å². The molecule has 0 aliphatic carbocycles. The molecule has 1 amide bonds. The minimum Gasteiger partial charge on any atom is -0.323 e. The van der Waals surface area contributed by atoms with Gasteiger partial charge in [-0.25, -0.2) is 9.07 Å². The highest BCUT2D eigenvalue weighted by Crippen LogP contribution is 2.23. The van der Waals surface area contributed by atoms with E-state index < -0.39 is 0 Å². The molecule has 0 aliphatic rings. The number of aromatic nitrogens is 2. The van der Waals surface area contributed by atoms with Gasteiger partial charge < -0.3 is 5.32 Å². The van der Waals surface area contributed by atoms with Crippen molar-refractivity contribution in [3.63, 3.8) is 0 Å². The van der Waals surface area contributed by atoms with Crippen molar-refractivity contribution in [1.82, 2.24) is 9.78 Å². The number of halogens is 1. The molecule has 0 saturated heterocycles. The maximum atomic E-state index is 13.7. The van der Waals surface area contributed by atoms with Crippen molar-refractivity contribution in [3.05, 3.63) is 77.4 Å². The van der Waals surface area contributed by atoms with Crippen LogP contribution in [0.25, 0.3) is 5.69 Å². The molecule has 0 aliphatic heterocycles. The van der Waals surface area contributed by atoms with Crippen LogP contribution in [0.2, 0.25) is 0 Å². The van der Waals surface area contributed by atoms with Crippen LogP contribution in [-0.2, 0) is 11.2 Å². The first-order valence-corrected chi connectivity index (χ1v) is 7.71. The molecule has 3 aromatic rings. The molecule has 122 valence electrons. The molecule has 1 heterocycles. The molecule has 24 heavy (non-hydrogen) atoms. The lowest BCUT2D eigenvalue weighted by molar-refractivity contribution is -0.115. The molecule has 0 unspecified atom stereocenters. The minimum absolute atomic E-state index is 0.0118. The number of carbonyl (C=O) groups excluding carboxylic acids is 1. The lowest BCUT2D eigenvalue weighted by atomic mass is 10.1. The van der Waals surface area contributed by atoms with Crippen LogP contribution >= 0.6 is 0 Å². The number of para-hydroxylation sites is 1. The van der Waals surface area contributed by atoms with Crippen molar-refractivity contribution in [2.75, 3.05) is 5.32 Å². The van der Waals surface area contributed by atoms with E-state index >= 15 is 0 Å². The first-order valence-electron chi connectivity index (χ1n) is 7.71. The van der Waals surface area contributed by atoms with Crippen molar-refractivity contribution >= 4 is 11.6 Å². The number of hydrogen-bond donors (Lipinski definition) is 1. The standard InChI is InChI=1S/C19H18FN3O/c1-13-19(14(2)23(22-13)16-9-4-3-5-10-16)21-18(24)12-15-8-6-7-11-17(15)20/h3-11H,12H2,1-2H3,(H,21,24). The first kappa shape index (κ1) is 15.9. The van der Waals surface area contributed by atoms with E-state index in [2.05, 4.69) is 10.4 Å². The largest absolute Gasteiger partial charge is 0.323 e. The van der Waals surface area contributed by atoms with Crippen LogP contribution in [0.3, 0.4) is 0 Å². The zero-order valence-electron chi connectivity index (χ0n) is 13.6. The van der Waals surface area contributed by atoms with E-state index in [-0.39, 0.29) is 18.1 Å². The molecule has 1 aromatic heterocycles. The van der Waals surface area contributed by atoms with E-state index in [1.165, 1.54) is 6.07 Å². The average Bonchev–Trinajstić information content (AvgIpc) is 2.86. The van der Waals surface area contributed by atoms with Crippen molar-refractivity contribution in [3.8, 4) is 5.69 Å². The van der Waals surface area contributed by atoms with Gasteiger partial charge in [0.2, 0.25) is 5.91 Å². The molecule has 0 saturated carbocycles. The van der Waals surface area contributed by atoms with Gasteiger partial charge in [-0.1, -0.05) is 36.4 Å². The summed E-state index contributed by atoms with van der Waals surface area (Å²) in [6, 6.07) is 16.0. The summed E-state index contributed by atoms with van der Waals surface area (Å²) in [4.78, 5) is 12.3. The fraction of sp³-hybridized carbons (Fsp3) is 0.158. The predicted molar refractivity (Wildman–Crippen MR) is 91.8 cm³/mol. The lowest BCUT2D eigenvalue weighted by Crippen LogP contribution is -2.16. The zero-order chi connectivity index (χ0) is 17.1. The van der Waals surface area contributed by atoms with Crippen LogP contribution in [0.15, 0.2) is 54.6 Å². The van der Waals surface area contributed by atoms with E-state index in [0.717, 1.165) is 17.1 Å². The summed E-state index contributed by atoms with van der Waals surface area (Å²) in [5.74, 6) is -0.639. The maximum absolute atomic E-state index is 13.7. The van der Waals surface area contributed by atoms with Gasteiger partial charge >= 0.3 is 0 Å². The molecular formula is C19H18FN3O. The van der Waals surface area contributed by atoms with Gasteiger partial charge in [-0.2, -0.15) is 5.10 Å². The van der Waals surface area contributed by atoms with Crippen LogP contribution in [0, 0.1) is 19.7 Å². The van der Waals surface area contributed by atoms with Gasteiger partial charge in [-0.15, -0.1) is 0 Å². The second-order valence-electron chi connectivity index (χ2n) is 5.61. The molecule has 4 nitrogen and oxygen atoms in total. The van der Waals surface area contributed by atoms with Gasteiger partial charge in [-0.05, 0) is 37.6 Å². The maximum Gasteiger partial charge on any atom is 0.229 e. The Balaban J connectivity index is 1.82. The summed E-state index contributed by atoms with van der Waals surface area (Å²) in [5, 5.41) is 7.34. The molecule has 5 heteroatoms. The Hall–Kier alpha value is -2.95. The number of hydrogen-bond acceptors (Lipinski definition) is 2. The van der Waals surface area contributed by atoms with Crippen LogP contribution in [0.1, 0.15) is 17.0 Å². The number of rotatable bonds is 4. The Morgan fingerprint density at radius 3 is 2.46 bits per heavy atom. The van der Waals surface area contributed by atoms with Crippen molar-refractivity contribution in [2.45, 2.75) is 20.3 Å². The SMILES string of the molecule is Cc1nn(-c2ccccc2)c(C)c1NC(=O)Cc1ccccc1F. The highest BCUT2D eigenvalue weighted by atomic mass is 19.1. The van der Waals surface area contributed by atoms with Crippen molar-refractivity contribution < 1.29 is 9.18 Å². The van der Waals surface area contributed by atoms with Crippen LogP contribution in [-0.4, -0.2) is 15.7 Å². The second kappa shape index (κ2) is 6.66. The lowest BCUT2D eigenvalue weighted by Gasteiger charge is -2.07. The quantitative estimate of drug-likeness (QED) is 0.793. The third-order valence-electron chi connectivity index (χ3n) is 3.87. The van der Waals surface area contributed by atoms with E-state index in [0.29, 0.717) is 11.3 Å². The number of amides is 1. The van der Waals surface area contributed by atoms with E-state index in [4.69, 9.17) is 0 Å². The Labute approximate surface area is 139 Å². The Kier molecular flexibility index (Phi) is 4.42. The number of benzene rings is 2. The fourth-order valence-electron chi connectivity index (χ4n) is 2.64. The molecular weight excluding hydrogens is 305 g/mol. The van der Waals surface area contributed by atoms with E-state index in [1.54, 1.807) is 22.9 Å². The van der Waals surface area contributed by atoms with Gasteiger partial charge in [-0.3, -0.25) is 4.79 Å². The zero-order valence-corrected chi connectivity index (χ0v) is 13.6.